The van der Waals surface area contributed by atoms with Crippen molar-refractivity contribution in [3.63, 3.8) is 0 Å². The molecule has 0 saturated heterocycles. The van der Waals surface area contributed by atoms with Crippen molar-refractivity contribution < 1.29 is 9.53 Å². The molecule has 0 aliphatic carbocycles. The highest BCUT2D eigenvalue weighted by molar-refractivity contribution is 8.00. The van der Waals surface area contributed by atoms with E-state index in [1.54, 1.807) is 0 Å². The summed E-state index contributed by atoms with van der Waals surface area (Å²) in [6, 6.07) is 17.4. The number of thioether (sulfide) groups is 1. The molecule has 0 saturated carbocycles. The van der Waals surface area contributed by atoms with E-state index in [0.29, 0.717) is 24.0 Å². The van der Waals surface area contributed by atoms with Gasteiger partial charge in [-0.05, 0) is 44.4 Å². The molecule has 1 heterocycles. The van der Waals surface area contributed by atoms with Crippen molar-refractivity contribution in [2.75, 3.05) is 11.9 Å². The van der Waals surface area contributed by atoms with E-state index >= 15 is 0 Å². The largest absolute Gasteiger partial charge is 0.492 e. The SMILES string of the molecule is CCOc1ccccc1NC(=O)C(Sc1nc(C)c(C)n1CC(C)C)c1ccccc1. The van der Waals surface area contributed by atoms with Crippen LogP contribution in [0.3, 0.4) is 0 Å². The van der Waals surface area contributed by atoms with Crippen LogP contribution in [0.25, 0.3) is 0 Å². The Morgan fingerprint density at radius 2 is 1.77 bits per heavy atom. The fourth-order valence-electron chi connectivity index (χ4n) is 3.35. The predicted molar refractivity (Wildman–Crippen MR) is 128 cm³/mol. The van der Waals surface area contributed by atoms with E-state index < -0.39 is 5.25 Å². The smallest absolute Gasteiger partial charge is 0.242 e. The molecular formula is C25H31N3O2S. The number of benzene rings is 2. The molecule has 0 fully saturated rings. The lowest BCUT2D eigenvalue weighted by atomic mass is 10.1. The zero-order valence-electron chi connectivity index (χ0n) is 18.9. The van der Waals surface area contributed by atoms with Crippen LogP contribution in [0.15, 0.2) is 59.8 Å². The van der Waals surface area contributed by atoms with Gasteiger partial charge in [0.2, 0.25) is 5.91 Å². The zero-order valence-corrected chi connectivity index (χ0v) is 19.7. The molecule has 6 heteroatoms. The summed E-state index contributed by atoms with van der Waals surface area (Å²) in [5, 5.41) is 3.50. The van der Waals surface area contributed by atoms with Crippen molar-refractivity contribution in [2.24, 2.45) is 5.92 Å². The summed E-state index contributed by atoms with van der Waals surface area (Å²) in [7, 11) is 0. The minimum atomic E-state index is -0.442. The van der Waals surface area contributed by atoms with Crippen LogP contribution in [-0.2, 0) is 11.3 Å². The summed E-state index contributed by atoms with van der Waals surface area (Å²) in [6.45, 7) is 11.8. The molecule has 3 rings (SSSR count). The number of anilines is 1. The van der Waals surface area contributed by atoms with Crippen LogP contribution in [0.2, 0.25) is 0 Å². The quantitative estimate of drug-likeness (QED) is 0.416. The van der Waals surface area contributed by atoms with E-state index in [1.807, 2.05) is 68.4 Å². The molecule has 0 aliphatic rings. The second kappa shape index (κ2) is 10.5. The van der Waals surface area contributed by atoms with Gasteiger partial charge >= 0.3 is 0 Å². The zero-order chi connectivity index (χ0) is 22.4. The molecule has 0 radical (unpaired) electrons. The van der Waals surface area contributed by atoms with Crippen molar-refractivity contribution in [3.05, 3.63) is 71.5 Å². The number of para-hydroxylation sites is 2. The summed E-state index contributed by atoms with van der Waals surface area (Å²) in [6.07, 6.45) is 0. The minimum Gasteiger partial charge on any atom is -0.492 e. The van der Waals surface area contributed by atoms with Gasteiger partial charge in [-0.3, -0.25) is 4.79 Å². The average molecular weight is 438 g/mol. The topological polar surface area (TPSA) is 56.1 Å². The van der Waals surface area contributed by atoms with Gasteiger partial charge in [0.1, 0.15) is 11.0 Å². The molecule has 0 bridgehead atoms. The molecule has 1 aromatic heterocycles. The van der Waals surface area contributed by atoms with Gasteiger partial charge < -0.3 is 14.6 Å². The van der Waals surface area contributed by atoms with Crippen molar-refractivity contribution in [3.8, 4) is 5.75 Å². The van der Waals surface area contributed by atoms with Gasteiger partial charge in [-0.1, -0.05) is 68.1 Å². The Hall–Kier alpha value is -2.73. The number of imidazole rings is 1. The van der Waals surface area contributed by atoms with Crippen LogP contribution in [0.1, 0.15) is 43.0 Å². The second-order valence-electron chi connectivity index (χ2n) is 7.90. The van der Waals surface area contributed by atoms with Crippen LogP contribution in [0.5, 0.6) is 5.75 Å². The van der Waals surface area contributed by atoms with Crippen molar-refractivity contribution in [1.82, 2.24) is 9.55 Å². The summed E-state index contributed by atoms with van der Waals surface area (Å²) in [4.78, 5) is 18.3. The van der Waals surface area contributed by atoms with E-state index in [1.165, 1.54) is 11.8 Å². The number of aryl methyl sites for hydroxylation is 1. The standard InChI is InChI=1S/C25H31N3O2S/c1-6-30-22-15-11-10-14-21(22)27-24(29)23(20-12-8-7-9-13-20)31-25-26-18(4)19(5)28(25)16-17(2)3/h7-15,17,23H,6,16H2,1-5H3,(H,27,29). The molecule has 0 aliphatic heterocycles. The minimum absolute atomic E-state index is 0.0993. The summed E-state index contributed by atoms with van der Waals surface area (Å²) < 4.78 is 7.91. The Labute approximate surface area is 189 Å². The molecule has 1 unspecified atom stereocenters. The summed E-state index contributed by atoms with van der Waals surface area (Å²) in [5.74, 6) is 1.05. The number of carbonyl (C=O) groups excluding carboxylic acids is 1. The van der Waals surface area contributed by atoms with E-state index in [4.69, 9.17) is 9.72 Å². The van der Waals surface area contributed by atoms with Crippen molar-refractivity contribution in [1.29, 1.82) is 0 Å². The molecular weight excluding hydrogens is 406 g/mol. The number of carbonyl (C=O) groups is 1. The molecule has 0 spiro atoms. The number of nitrogens with one attached hydrogen (secondary N) is 1. The van der Waals surface area contributed by atoms with Crippen LogP contribution in [0.4, 0.5) is 5.69 Å². The van der Waals surface area contributed by atoms with E-state index in [2.05, 4.69) is 30.7 Å². The Kier molecular flexibility index (Phi) is 7.80. The van der Waals surface area contributed by atoms with Crippen LogP contribution < -0.4 is 10.1 Å². The lowest BCUT2D eigenvalue weighted by Gasteiger charge is -2.19. The van der Waals surface area contributed by atoms with Crippen LogP contribution in [-0.4, -0.2) is 22.1 Å². The fourth-order valence-corrected chi connectivity index (χ4v) is 4.55. The Morgan fingerprint density at radius 3 is 2.45 bits per heavy atom. The van der Waals surface area contributed by atoms with Crippen molar-refractivity contribution >= 4 is 23.4 Å². The number of nitrogens with zero attached hydrogens (tertiary/aromatic N) is 2. The van der Waals surface area contributed by atoms with Gasteiger partial charge in [-0.25, -0.2) is 4.98 Å². The predicted octanol–water partition coefficient (Wildman–Crippen LogP) is 6.03. The number of amides is 1. The third kappa shape index (κ3) is 5.70. The number of hydrogen-bond donors (Lipinski definition) is 1. The first kappa shape index (κ1) is 22.9. The highest BCUT2D eigenvalue weighted by Gasteiger charge is 2.26. The third-order valence-electron chi connectivity index (χ3n) is 4.98. The second-order valence-corrected chi connectivity index (χ2v) is 8.97. The highest BCUT2D eigenvalue weighted by atomic mass is 32.2. The normalized spacial score (nSPS) is 12.1. The first-order chi connectivity index (χ1) is 14.9. The van der Waals surface area contributed by atoms with Gasteiger partial charge in [-0.2, -0.15) is 0 Å². The van der Waals surface area contributed by atoms with Crippen LogP contribution >= 0.6 is 11.8 Å². The molecule has 1 amide bonds. The first-order valence-corrected chi connectivity index (χ1v) is 11.6. The highest BCUT2D eigenvalue weighted by Crippen LogP contribution is 2.37. The van der Waals surface area contributed by atoms with Crippen LogP contribution in [0, 0.1) is 19.8 Å². The summed E-state index contributed by atoms with van der Waals surface area (Å²) in [5.41, 5.74) is 3.75. The lowest BCUT2D eigenvalue weighted by Crippen LogP contribution is -2.20. The molecule has 164 valence electrons. The maximum Gasteiger partial charge on any atom is 0.242 e. The van der Waals surface area contributed by atoms with Gasteiger partial charge in [0.25, 0.3) is 0 Å². The summed E-state index contributed by atoms with van der Waals surface area (Å²) >= 11 is 1.49. The first-order valence-electron chi connectivity index (χ1n) is 10.7. The number of hydrogen-bond acceptors (Lipinski definition) is 4. The van der Waals surface area contributed by atoms with E-state index in [0.717, 1.165) is 28.7 Å². The number of rotatable bonds is 9. The monoisotopic (exact) mass is 437 g/mol. The fraction of sp³-hybridized carbons (Fsp3) is 0.360. The third-order valence-corrected chi connectivity index (χ3v) is 6.22. The van der Waals surface area contributed by atoms with Gasteiger partial charge in [0.05, 0.1) is 18.0 Å². The Morgan fingerprint density at radius 1 is 1.10 bits per heavy atom. The molecule has 1 atom stereocenters. The Bertz CT molecular complexity index is 1010. The molecule has 5 nitrogen and oxygen atoms in total. The van der Waals surface area contributed by atoms with E-state index in [-0.39, 0.29) is 5.91 Å². The molecule has 1 N–H and O–H groups in total. The maximum absolute atomic E-state index is 13.5. The van der Waals surface area contributed by atoms with Crippen molar-refractivity contribution in [2.45, 2.75) is 51.6 Å². The maximum atomic E-state index is 13.5. The molecule has 2 aromatic carbocycles. The molecule has 3 aromatic rings. The lowest BCUT2D eigenvalue weighted by molar-refractivity contribution is -0.115. The number of ether oxygens (including phenoxy) is 1. The van der Waals surface area contributed by atoms with Gasteiger partial charge in [0, 0.05) is 12.2 Å². The van der Waals surface area contributed by atoms with Gasteiger partial charge in [0.15, 0.2) is 5.16 Å². The van der Waals surface area contributed by atoms with Gasteiger partial charge in [-0.15, -0.1) is 0 Å². The average Bonchev–Trinajstić information content (AvgIpc) is 3.01. The van der Waals surface area contributed by atoms with E-state index in [9.17, 15) is 4.79 Å². The number of aromatic nitrogens is 2. The Balaban J connectivity index is 1.94. The molecule has 31 heavy (non-hydrogen) atoms.